The molecular weight excluding hydrogens is 693 g/mol. The smallest absolute Gasteiger partial charge is 0.235 e. The monoisotopic (exact) mass is 728 g/mol. The quantitative estimate of drug-likeness (QED) is 0.181. The second-order valence-corrected chi connectivity index (χ2v) is 15.8. The van der Waals surface area contributed by atoms with E-state index < -0.39 is 0 Å². The van der Waals surface area contributed by atoms with Gasteiger partial charge in [-0.25, -0.2) is 9.97 Å². The zero-order valence-electron chi connectivity index (χ0n) is 31.6. The van der Waals surface area contributed by atoms with Gasteiger partial charge in [0.05, 0.1) is 33.3 Å². The predicted molar refractivity (Wildman–Crippen MR) is 237 cm³/mol. The van der Waals surface area contributed by atoms with Gasteiger partial charge >= 0.3 is 0 Å². The Bertz CT molecular complexity index is 3420. The molecule has 268 valence electrons. The van der Waals surface area contributed by atoms with Crippen LogP contribution in [-0.2, 0) is 5.41 Å². The highest BCUT2D eigenvalue weighted by Crippen LogP contribution is 2.52. The van der Waals surface area contributed by atoms with E-state index in [1.807, 2.05) is 0 Å². The fraction of sp³-hybridized carbons (Fsp3) is 0.0566. The van der Waals surface area contributed by atoms with Crippen molar-refractivity contribution in [3.8, 4) is 45.1 Å². The molecule has 1 aliphatic rings. The van der Waals surface area contributed by atoms with Crippen LogP contribution >= 0.6 is 0 Å². The van der Waals surface area contributed by atoms with Gasteiger partial charge < -0.3 is 4.57 Å². The first kappa shape index (κ1) is 32.0. The van der Waals surface area contributed by atoms with Gasteiger partial charge in [0.2, 0.25) is 5.95 Å². The lowest BCUT2D eigenvalue weighted by molar-refractivity contribution is 0.661. The average Bonchev–Trinajstić information content (AvgIpc) is 3.86. The van der Waals surface area contributed by atoms with Crippen LogP contribution in [0.5, 0.6) is 0 Å². The largest absolute Gasteiger partial charge is 0.309 e. The second-order valence-electron chi connectivity index (χ2n) is 15.8. The van der Waals surface area contributed by atoms with Crippen molar-refractivity contribution in [2.75, 3.05) is 0 Å². The number of fused-ring (bicyclic) bond motifs is 11. The van der Waals surface area contributed by atoms with Gasteiger partial charge in [-0.2, -0.15) is 0 Å². The van der Waals surface area contributed by atoms with E-state index >= 15 is 0 Å². The minimum atomic E-state index is -0.125. The molecule has 4 nitrogen and oxygen atoms in total. The van der Waals surface area contributed by atoms with Crippen LogP contribution in [0.25, 0.3) is 99.7 Å². The third kappa shape index (κ3) is 4.55. The van der Waals surface area contributed by atoms with E-state index in [2.05, 4.69) is 205 Å². The maximum absolute atomic E-state index is 5.54. The van der Waals surface area contributed by atoms with Crippen molar-refractivity contribution in [3.05, 3.63) is 193 Å². The molecule has 0 atom stereocenters. The van der Waals surface area contributed by atoms with Crippen molar-refractivity contribution in [1.82, 2.24) is 19.1 Å². The number of hydrogen-bond acceptors (Lipinski definition) is 2. The summed E-state index contributed by atoms with van der Waals surface area (Å²) >= 11 is 0. The third-order valence-electron chi connectivity index (χ3n) is 12.3. The summed E-state index contributed by atoms with van der Waals surface area (Å²) in [6.45, 7) is 4.66. The number of benzene rings is 8. The molecule has 0 spiro atoms. The van der Waals surface area contributed by atoms with Gasteiger partial charge in [0, 0.05) is 43.6 Å². The van der Waals surface area contributed by atoms with Gasteiger partial charge in [0.25, 0.3) is 0 Å². The summed E-state index contributed by atoms with van der Waals surface area (Å²) in [7, 11) is 0. The molecule has 0 amide bonds. The van der Waals surface area contributed by atoms with E-state index in [9.17, 15) is 0 Å². The standard InChI is InChI=1S/C53H36N4/c1-53(2)42-22-12-9-21-40(42)49-43(53)28-29-44-50(49)51(33-15-5-3-6-16-33)55-52(54-44)57-46-24-14-11-20-38(46)41-31-34(26-30-47(41)57)35-25-27-39-37-19-10-13-23-45(37)56(48(39)32-35)36-17-7-4-8-18-36/h3-32H,1-2H3. The summed E-state index contributed by atoms with van der Waals surface area (Å²) in [5.41, 5.74) is 16.1. The molecule has 3 heterocycles. The summed E-state index contributed by atoms with van der Waals surface area (Å²) in [4.78, 5) is 11.0. The Morgan fingerprint density at radius 2 is 1.04 bits per heavy atom. The number of nitrogens with zero attached hydrogens (tertiary/aromatic N) is 4. The predicted octanol–water partition coefficient (Wildman–Crippen LogP) is 13.5. The van der Waals surface area contributed by atoms with Crippen LogP contribution in [0.15, 0.2) is 182 Å². The first-order valence-electron chi connectivity index (χ1n) is 19.7. The van der Waals surface area contributed by atoms with Crippen LogP contribution in [0.2, 0.25) is 0 Å². The summed E-state index contributed by atoms with van der Waals surface area (Å²) < 4.78 is 4.64. The number of aromatic nitrogens is 4. The Morgan fingerprint density at radius 1 is 0.421 bits per heavy atom. The zero-order valence-corrected chi connectivity index (χ0v) is 31.6. The van der Waals surface area contributed by atoms with Gasteiger partial charge in [-0.3, -0.25) is 4.57 Å². The van der Waals surface area contributed by atoms with Crippen molar-refractivity contribution in [3.63, 3.8) is 0 Å². The van der Waals surface area contributed by atoms with Gasteiger partial charge in [-0.05, 0) is 81.9 Å². The normalized spacial score (nSPS) is 13.2. The lowest BCUT2D eigenvalue weighted by Gasteiger charge is -2.21. The number of rotatable bonds is 4. The van der Waals surface area contributed by atoms with Crippen LogP contribution in [0.1, 0.15) is 25.0 Å². The maximum atomic E-state index is 5.54. The van der Waals surface area contributed by atoms with Crippen LogP contribution in [0.3, 0.4) is 0 Å². The van der Waals surface area contributed by atoms with E-state index in [1.54, 1.807) is 0 Å². The van der Waals surface area contributed by atoms with E-state index in [-0.39, 0.29) is 5.41 Å². The summed E-state index contributed by atoms with van der Waals surface area (Å²) in [6, 6.07) is 65.7. The van der Waals surface area contributed by atoms with Crippen molar-refractivity contribution in [1.29, 1.82) is 0 Å². The van der Waals surface area contributed by atoms with Crippen molar-refractivity contribution in [2.45, 2.75) is 19.3 Å². The molecule has 11 aromatic rings. The first-order valence-corrected chi connectivity index (χ1v) is 19.7. The van der Waals surface area contributed by atoms with Crippen molar-refractivity contribution in [2.24, 2.45) is 0 Å². The molecule has 12 rings (SSSR count). The number of hydrogen-bond donors (Lipinski definition) is 0. The molecule has 0 aliphatic heterocycles. The van der Waals surface area contributed by atoms with Crippen LogP contribution < -0.4 is 0 Å². The third-order valence-corrected chi connectivity index (χ3v) is 12.3. The first-order chi connectivity index (χ1) is 28.0. The maximum Gasteiger partial charge on any atom is 0.235 e. The van der Waals surface area contributed by atoms with E-state index in [0.29, 0.717) is 5.95 Å². The molecule has 8 aromatic carbocycles. The van der Waals surface area contributed by atoms with Gasteiger partial charge in [-0.15, -0.1) is 0 Å². The Kier molecular flexibility index (Phi) is 6.65. The molecule has 0 saturated carbocycles. The Labute approximate surface area is 329 Å². The molecule has 0 saturated heterocycles. The highest BCUT2D eigenvalue weighted by Gasteiger charge is 2.37. The van der Waals surface area contributed by atoms with Gasteiger partial charge in [0.1, 0.15) is 0 Å². The zero-order chi connectivity index (χ0) is 37.8. The van der Waals surface area contributed by atoms with Crippen molar-refractivity contribution < 1.29 is 0 Å². The lowest BCUT2D eigenvalue weighted by Crippen LogP contribution is -2.14. The van der Waals surface area contributed by atoms with E-state index in [4.69, 9.17) is 9.97 Å². The Hall–Kier alpha value is -7.30. The molecule has 0 N–H and O–H groups in total. The number of para-hydroxylation sites is 3. The molecule has 3 aromatic heterocycles. The minimum absolute atomic E-state index is 0.125. The second kappa shape index (κ2) is 11.8. The van der Waals surface area contributed by atoms with Crippen LogP contribution in [-0.4, -0.2) is 19.1 Å². The van der Waals surface area contributed by atoms with E-state index in [0.717, 1.165) is 38.9 Å². The van der Waals surface area contributed by atoms with Gasteiger partial charge in [0.15, 0.2) is 0 Å². The molecular formula is C53H36N4. The molecule has 0 fully saturated rings. The van der Waals surface area contributed by atoms with Crippen LogP contribution in [0, 0.1) is 0 Å². The average molecular weight is 729 g/mol. The topological polar surface area (TPSA) is 35.6 Å². The molecule has 0 bridgehead atoms. The Balaban J connectivity index is 1.09. The minimum Gasteiger partial charge on any atom is -0.309 e. The molecule has 4 heteroatoms. The van der Waals surface area contributed by atoms with Gasteiger partial charge in [-0.1, -0.05) is 147 Å². The summed E-state index contributed by atoms with van der Waals surface area (Å²) in [5, 5.41) is 5.94. The molecule has 0 unspecified atom stereocenters. The highest BCUT2D eigenvalue weighted by atomic mass is 15.2. The lowest BCUT2D eigenvalue weighted by atomic mass is 9.82. The molecule has 1 aliphatic carbocycles. The Morgan fingerprint density at radius 3 is 1.84 bits per heavy atom. The summed E-state index contributed by atoms with van der Waals surface area (Å²) in [6.07, 6.45) is 0. The molecule has 57 heavy (non-hydrogen) atoms. The fourth-order valence-corrected chi connectivity index (χ4v) is 9.68. The summed E-state index contributed by atoms with van der Waals surface area (Å²) in [5.74, 6) is 0.666. The van der Waals surface area contributed by atoms with Crippen LogP contribution in [0.4, 0.5) is 0 Å². The van der Waals surface area contributed by atoms with Crippen molar-refractivity contribution >= 4 is 54.5 Å². The molecule has 0 radical (unpaired) electrons. The van der Waals surface area contributed by atoms with E-state index in [1.165, 1.54) is 66.0 Å². The fourth-order valence-electron chi connectivity index (χ4n) is 9.68. The SMILES string of the molecule is CC1(C)c2ccccc2-c2c1ccc1nc(-n3c4ccccc4c4cc(-c5ccc6c7ccccc7n(-c7ccccc7)c6c5)ccc43)nc(-c3ccccc3)c21. The highest BCUT2D eigenvalue weighted by molar-refractivity contribution is 6.13.